The number of carbonyl (C=O) groups excluding carboxylic acids is 1. The van der Waals surface area contributed by atoms with Gasteiger partial charge < -0.3 is 20.5 Å². The third kappa shape index (κ3) is 4.63. The Balaban J connectivity index is 1.73. The van der Waals surface area contributed by atoms with Crippen molar-refractivity contribution in [2.24, 2.45) is 0 Å². The van der Waals surface area contributed by atoms with Crippen molar-refractivity contribution >= 4 is 6.03 Å². The van der Waals surface area contributed by atoms with Gasteiger partial charge in [-0.05, 0) is 39.0 Å². The molecule has 0 radical (unpaired) electrons. The molecule has 3 N–H and O–H groups in total. The predicted octanol–water partition coefficient (Wildman–Crippen LogP) is 1.94. The summed E-state index contributed by atoms with van der Waals surface area (Å²) in [5.74, 6) is 0. The lowest BCUT2D eigenvalue weighted by atomic mass is 9.78. The van der Waals surface area contributed by atoms with Gasteiger partial charge in [-0.15, -0.1) is 0 Å². The average molecular weight is 284 g/mol. The Bertz CT molecular complexity index is 309. The maximum Gasteiger partial charge on any atom is 0.315 e. The molecule has 2 atom stereocenters. The number of rotatable bonds is 4. The van der Waals surface area contributed by atoms with E-state index in [1.165, 1.54) is 19.3 Å². The summed E-state index contributed by atoms with van der Waals surface area (Å²) in [4.78, 5) is 11.8. The number of hydrogen-bond acceptors (Lipinski definition) is 3. The molecule has 1 saturated heterocycles. The molecule has 1 aliphatic heterocycles. The smallest absolute Gasteiger partial charge is 0.315 e. The van der Waals surface area contributed by atoms with Crippen molar-refractivity contribution in [3.8, 4) is 0 Å². The van der Waals surface area contributed by atoms with E-state index in [-0.39, 0.29) is 23.8 Å². The van der Waals surface area contributed by atoms with Gasteiger partial charge in [-0.3, -0.25) is 0 Å². The van der Waals surface area contributed by atoms with Crippen LogP contribution in [-0.2, 0) is 4.74 Å². The molecule has 0 aromatic carbocycles. The quantitative estimate of drug-likeness (QED) is 0.739. The van der Waals surface area contributed by atoms with Gasteiger partial charge in [-0.1, -0.05) is 19.3 Å². The Morgan fingerprint density at radius 2 is 2.15 bits per heavy atom. The third-order valence-electron chi connectivity index (χ3n) is 4.44. The van der Waals surface area contributed by atoms with Gasteiger partial charge >= 0.3 is 6.03 Å². The van der Waals surface area contributed by atoms with Crippen LogP contribution in [0.1, 0.15) is 58.3 Å². The molecule has 0 bridgehead atoms. The molecule has 2 aliphatic rings. The van der Waals surface area contributed by atoms with Gasteiger partial charge in [0, 0.05) is 19.2 Å². The van der Waals surface area contributed by atoms with Crippen LogP contribution in [0.25, 0.3) is 0 Å². The number of nitrogens with one attached hydrogen (secondary N) is 2. The first-order valence-electron chi connectivity index (χ1n) is 7.96. The SMILES string of the molecule is CC(O)CCNC(=O)NC1CCOC2(CCCCC2)C1. The molecule has 2 rings (SSSR count). The first kappa shape index (κ1) is 15.6. The highest BCUT2D eigenvalue weighted by Crippen LogP contribution is 2.38. The Hall–Kier alpha value is -0.810. The van der Waals surface area contributed by atoms with E-state index in [1.807, 2.05) is 0 Å². The second-order valence-corrected chi connectivity index (χ2v) is 6.32. The average Bonchev–Trinajstić information content (AvgIpc) is 2.39. The standard InChI is InChI=1S/C15H28N2O3/c1-12(18)5-9-16-14(19)17-13-6-10-20-15(11-13)7-3-2-4-8-15/h12-13,18H,2-11H2,1H3,(H2,16,17,19). The van der Waals surface area contributed by atoms with E-state index in [1.54, 1.807) is 6.92 Å². The highest BCUT2D eigenvalue weighted by molar-refractivity contribution is 5.74. The molecule has 1 heterocycles. The first-order chi connectivity index (χ1) is 9.60. The first-order valence-corrected chi connectivity index (χ1v) is 7.96. The molecule has 5 nitrogen and oxygen atoms in total. The fourth-order valence-electron chi connectivity index (χ4n) is 3.33. The van der Waals surface area contributed by atoms with Crippen molar-refractivity contribution in [3.05, 3.63) is 0 Å². The highest BCUT2D eigenvalue weighted by atomic mass is 16.5. The van der Waals surface area contributed by atoms with Gasteiger partial charge in [-0.25, -0.2) is 4.79 Å². The van der Waals surface area contributed by atoms with E-state index in [4.69, 9.17) is 9.84 Å². The molecule has 2 fully saturated rings. The predicted molar refractivity (Wildman–Crippen MR) is 77.6 cm³/mol. The number of aliphatic hydroxyl groups excluding tert-OH is 1. The van der Waals surface area contributed by atoms with Crippen LogP contribution in [0.4, 0.5) is 4.79 Å². The topological polar surface area (TPSA) is 70.6 Å². The third-order valence-corrected chi connectivity index (χ3v) is 4.44. The van der Waals surface area contributed by atoms with Crippen LogP contribution in [0.15, 0.2) is 0 Å². The molecule has 116 valence electrons. The van der Waals surface area contributed by atoms with Crippen LogP contribution in [0, 0.1) is 0 Å². The van der Waals surface area contributed by atoms with Crippen LogP contribution in [0.3, 0.4) is 0 Å². The molecular weight excluding hydrogens is 256 g/mol. The zero-order valence-electron chi connectivity index (χ0n) is 12.5. The Morgan fingerprint density at radius 3 is 2.85 bits per heavy atom. The van der Waals surface area contributed by atoms with E-state index >= 15 is 0 Å². The summed E-state index contributed by atoms with van der Waals surface area (Å²) in [6.45, 7) is 2.99. The summed E-state index contributed by atoms with van der Waals surface area (Å²) < 4.78 is 6.03. The van der Waals surface area contributed by atoms with Gasteiger partial charge in [0.15, 0.2) is 0 Å². The van der Waals surface area contributed by atoms with Crippen LogP contribution < -0.4 is 10.6 Å². The molecule has 5 heteroatoms. The van der Waals surface area contributed by atoms with Crippen molar-refractivity contribution in [2.45, 2.75) is 76.0 Å². The van der Waals surface area contributed by atoms with Crippen LogP contribution in [0.5, 0.6) is 0 Å². The van der Waals surface area contributed by atoms with Crippen LogP contribution in [-0.4, -0.2) is 42.0 Å². The number of amides is 2. The number of urea groups is 1. The van der Waals surface area contributed by atoms with Gasteiger partial charge in [0.05, 0.1) is 11.7 Å². The Labute approximate surface area is 121 Å². The molecule has 0 aromatic rings. The zero-order valence-corrected chi connectivity index (χ0v) is 12.5. The lowest BCUT2D eigenvalue weighted by Crippen LogP contribution is -2.51. The summed E-state index contributed by atoms with van der Waals surface area (Å²) in [7, 11) is 0. The second-order valence-electron chi connectivity index (χ2n) is 6.32. The molecule has 2 amide bonds. The summed E-state index contributed by atoms with van der Waals surface area (Å²) in [6.07, 6.45) is 8.12. The van der Waals surface area contributed by atoms with E-state index in [0.717, 1.165) is 32.3 Å². The van der Waals surface area contributed by atoms with Crippen LogP contribution >= 0.6 is 0 Å². The molecular formula is C15H28N2O3. The minimum absolute atomic E-state index is 0.0219. The van der Waals surface area contributed by atoms with Gasteiger partial charge in [0.1, 0.15) is 0 Å². The number of carbonyl (C=O) groups is 1. The van der Waals surface area contributed by atoms with Crippen LogP contribution in [0.2, 0.25) is 0 Å². The van der Waals surface area contributed by atoms with E-state index in [9.17, 15) is 4.79 Å². The summed E-state index contributed by atoms with van der Waals surface area (Å²) >= 11 is 0. The lowest BCUT2D eigenvalue weighted by molar-refractivity contribution is -0.107. The van der Waals surface area contributed by atoms with Gasteiger partial charge in [0.2, 0.25) is 0 Å². The fraction of sp³-hybridized carbons (Fsp3) is 0.933. The second kappa shape index (κ2) is 7.27. The molecule has 0 aromatic heterocycles. The molecule has 1 aliphatic carbocycles. The number of hydrogen-bond donors (Lipinski definition) is 3. The zero-order chi connectivity index (χ0) is 14.4. The fourth-order valence-corrected chi connectivity index (χ4v) is 3.33. The molecule has 1 spiro atoms. The van der Waals surface area contributed by atoms with Gasteiger partial charge in [-0.2, -0.15) is 0 Å². The lowest BCUT2D eigenvalue weighted by Gasteiger charge is -2.43. The highest BCUT2D eigenvalue weighted by Gasteiger charge is 2.38. The van der Waals surface area contributed by atoms with Crippen molar-refractivity contribution < 1.29 is 14.6 Å². The monoisotopic (exact) mass is 284 g/mol. The maximum atomic E-state index is 11.8. The molecule has 20 heavy (non-hydrogen) atoms. The van der Waals surface area contributed by atoms with Crippen molar-refractivity contribution in [1.82, 2.24) is 10.6 Å². The number of aliphatic hydroxyl groups is 1. The summed E-state index contributed by atoms with van der Waals surface area (Å²) in [6, 6.07) is 0.0944. The van der Waals surface area contributed by atoms with Crippen molar-refractivity contribution in [1.29, 1.82) is 0 Å². The molecule has 1 saturated carbocycles. The Kier molecular flexibility index (Phi) is 5.66. The largest absolute Gasteiger partial charge is 0.393 e. The minimum atomic E-state index is -0.371. The summed E-state index contributed by atoms with van der Waals surface area (Å²) in [5, 5.41) is 15.0. The minimum Gasteiger partial charge on any atom is -0.393 e. The van der Waals surface area contributed by atoms with E-state index in [0.29, 0.717) is 13.0 Å². The van der Waals surface area contributed by atoms with Gasteiger partial charge in [0.25, 0.3) is 0 Å². The number of ether oxygens (including phenoxy) is 1. The molecule has 2 unspecified atom stereocenters. The normalized spacial score (nSPS) is 27.0. The van der Waals surface area contributed by atoms with Crippen molar-refractivity contribution in [2.75, 3.05) is 13.2 Å². The summed E-state index contributed by atoms with van der Waals surface area (Å²) in [5.41, 5.74) is 0.0219. The van der Waals surface area contributed by atoms with Crippen molar-refractivity contribution in [3.63, 3.8) is 0 Å². The Morgan fingerprint density at radius 1 is 1.40 bits per heavy atom. The van der Waals surface area contributed by atoms with E-state index < -0.39 is 0 Å². The van der Waals surface area contributed by atoms with E-state index in [2.05, 4.69) is 10.6 Å². The maximum absolute atomic E-state index is 11.8.